The monoisotopic (exact) mass is 240 g/mol. The average molecular weight is 240 g/mol. The van der Waals surface area contributed by atoms with Gasteiger partial charge in [-0.25, -0.2) is 4.98 Å². The van der Waals surface area contributed by atoms with Crippen LogP contribution in [0.5, 0.6) is 0 Å². The summed E-state index contributed by atoms with van der Waals surface area (Å²) in [6.07, 6.45) is 5.18. The number of rotatable bonds is 4. The van der Waals surface area contributed by atoms with Crippen LogP contribution in [0, 0.1) is 0 Å². The maximum atomic E-state index is 5.39. The van der Waals surface area contributed by atoms with Gasteiger partial charge in [-0.1, -0.05) is 6.92 Å². The fraction of sp³-hybridized carbons (Fsp3) is 0.750. The predicted molar refractivity (Wildman–Crippen MR) is 66.7 cm³/mol. The second kappa shape index (κ2) is 5.25. The maximum Gasteiger partial charge on any atom is 0.112 e. The SMILES string of the molecule is CCC(C)(NC1CCOCC1)c1nccs1. The van der Waals surface area contributed by atoms with E-state index in [0.717, 1.165) is 32.5 Å². The van der Waals surface area contributed by atoms with Gasteiger partial charge in [-0.3, -0.25) is 0 Å². The molecule has 16 heavy (non-hydrogen) atoms. The minimum Gasteiger partial charge on any atom is -0.381 e. The van der Waals surface area contributed by atoms with Crippen LogP contribution in [0.2, 0.25) is 0 Å². The normalized spacial score (nSPS) is 21.9. The highest BCUT2D eigenvalue weighted by molar-refractivity contribution is 7.09. The van der Waals surface area contributed by atoms with Gasteiger partial charge in [0.25, 0.3) is 0 Å². The summed E-state index contributed by atoms with van der Waals surface area (Å²) in [4.78, 5) is 4.45. The first kappa shape index (κ1) is 12.0. The average Bonchev–Trinajstić information content (AvgIpc) is 2.84. The van der Waals surface area contributed by atoms with Gasteiger partial charge in [0, 0.05) is 30.8 Å². The zero-order chi connectivity index (χ0) is 11.4. The molecule has 0 bridgehead atoms. The van der Waals surface area contributed by atoms with E-state index in [-0.39, 0.29) is 5.54 Å². The van der Waals surface area contributed by atoms with Crippen LogP contribution in [0.4, 0.5) is 0 Å². The molecule has 1 aromatic rings. The molecule has 2 heterocycles. The van der Waals surface area contributed by atoms with Crippen LogP contribution in [0.15, 0.2) is 11.6 Å². The van der Waals surface area contributed by atoms with Gasteiger partial charge < -0.3 is 10.1 Å². The lowest BCUT2D eigenvalue weighted by atomic mass is 9.96. The molecule has 1 saturated heterocycles. The van der Waals surface area contributed by atoms with Crippen molar-refractivity contribution in [2.45, 2.75) is 44.7 Å². The van der Waals surface area contributed by atoms with Crippen LogP contribution in [0.3, 0.4) is 0 Å². The van der Waals surface area contributed by atoms with Crippen molar-refractivity contribution in [3.05, 3.63) is 16.6 Å². The van der Waals surface area contributed by atoms with Gasteiger partial charge >= 0.3 is 0 Å². The summed E-state index contributed by atoms with van der Waals surface area (Å²) in [6.45, 7) is 6.24. The lowest BCUT2D eigenvalue weighted by Gasteiger charge is -2.34. The van der Waals surface area contributed by atoms with Gasteiger partial charge in [-0.2, -0.15) is 0 Å². The van der Waals surface area contributed by atoms with Crippen LogP contribution in [-0.4, -0.2) is 24.2 Å². The molecule has 0 radical (unpaired) electrons. The second-order valence-corrected chi connectivity index (χ2v) is 5.45. The molecule has 2 rings (SSSR count). The van der Waals surface area contributed by atoms with Crippen molar-refractivity contribution >= 4 is 11.3 Å². The number of nitrogens with zero attached hydrogens (tertiary/aromatic N) is 1. The lowest BCUT2D eigenvalue weighted by molar-refractivity contribution is 0.0681. The summed E-state index contributed by atoms with van der Waals surface area (Å²) in [7, 11) is 0. The second-order valence-electron chi connectivity index (χ2n) is 4.55. The molecule has 0 amide bonds. The summed E-state index contributed by atoms with van der Waals surface area (Å²) < 4.78 is 5.39. The molecular formula is C12H20N2OS. The number of hydrogen-bond donors (Lipinski definition) is 1. The Balaban J connectivity index is 2.03. The molecule has 1 N–H and O–H groups in total. The quantitative estimate of drug-likeness (QED) is 0.878. The van der Waals surface area contributed by atoms with Crippen molar-refractivity contribution in [2.24, 2.45) is 0 Å². The van der Waals surface area contributed by atoms with Gasteiger partial charge in [0.2, 0.25) is 0 Å². The summed E-state index contributed by atoms with van der Waals surface area (Å²) in [5, 5.41) is 7.00. The fourth-order valence-electron chi connectivity index (χ4n) is 2.10. The molecule has 1 aliphatic rings. The van der Waals surface area contributed by atoms with Crippen molar-refractivity contribution in [2.75, 3.05) is 13.2 Å². The van der Waals surface area contributed by atoms with Gasteiger partial charge in [-0.15, -0.1) is 11.3 Å². The van der Waals surface area contributed by atoms with Crippen LogP contribution in [0.1, 0.15) is 38.1 Å². The smallest absolute Gasteiger partial charge is 0.112 e. The van der Waals surface area contributed by atoms with E-state index in [1.807, 2.05) is 6.20 Å². The molecule has 4 heteroatoms. The predicted octanol–water partition coefficient (Wildman–Crippen LogP) is 2.54. The highest BCUT2D eigenvalue weighted by atomic mass is 32.1. The summed E-state index contributed by atoms with van der Waals surface area (Å²) in [5.74, 6) is 0. The highest BCUT2D eigenvalue weighted by Gasteiger charge is 2.30. The van der Waals surface area contributed by atoms with Crippen molar-refractivity contribution in [1.82, 2.24) is 10.3 Å². The molecule has 3 nitrogen and oxygen atoms in total. The first-order valence-corrected chi connectivity index (χ1v) is 6.88. The van der Waals surface area contributed by atoms with E-state index in [4.69, 9.17) is 4.74 Å². The van der Waals surface area contributed by atoms with E-state index in [0.29, 0.717) is 6.04 Å². The molecular weight excluding hydrogens is 220 g/mol. The van der Waals surface area contributed by atoms with Gasteiger partial charge in [0.1, 0.15) is 5.01 Å². The Labute approximate surface area is 101 Å². The number of thiazole rings is 1. The summed E-state index contributed by atoms with van der Waals surface area (Å²) in [6, 6.07) is 0.572. The first-order chi connectivity index (χ1) is 7.74. The van der Waals surface area contributed by atoms with Crippen LogP contribution >= 0.6 is 11.3 Å². The van der Waals surface area contributed by atoms with E-state index in [1.165, 1.54) is 5.01 Å². The van der Waals surface area contributed by atoms with E-state index in [2.05, 4.69) is 29.5 Å². The summed E-state index contributed by atoms with van der Waals surface area (Å²) >= 11 is 1.74. The third-order valence-electron chi connectivity index (χ3n) is 3.36. The topological polar surface area (TPSA) is 34.1 Å². The van der Waals surface area contributed by atoms with Crippen molar-refractivity contribution in [1.29, 1.82) is 0 Å². The Hall–Kier alpha value is -0.450. The van der Waals surface area contributed by atoms with Crippen LogP contribution in [0.25, 0.3) is 0 Å². The van der Waals surface area contributed by atoms with Crippen LogP contribution < -0.4 is 5.32 Å². The van der Waals surface area contributed by atoms with Crippen molar-refractivity contribution in [3.63, 3.8) is 0 Å². The fourth-order valence-corrected chi connectivity index (χ4v) is 2.94. The highest BCUT2D eigenvalue weighted by Crippen LogP contribution is 2.28. The largest absolute Gasteiger partial charge is 0.381 e. The molecule has 1 unspecified atom stereocenters. The molecule has 1 atom stereocenters. The Bertz CT molecular complexity index is 309. The number of hydrogen-bond acceptors (Lipinski definition) is 4. The van der Waals surface area contributed by atoms with Crippen LogP contribution in [-0.2, 0) is 10.3 Å². The minimum atomic E-state index is 0.0240. The number of nitrogens with one attached hydrogen (secondary N) is 1. The zero-order valence-corrected chi connectivity index (χ0v) is 10.8. The molecule has 0 saturated carbocycles. The first-order valence-electron chi connectivity index (χ1n) is 6.00. The maximum absolute atomic E-state index is 5.39. The zero-order valence-electron chi connectivity index (χ0n) is 10.0. The minimum absolute atomic E-state index is 0.0240. The van der Waals surface area contributed by atoms with Gasteiger partial charge in [-0.05, 0) is 26.2 Å². The number of ether oxygens (including phenoxy) is 1. The third kappa shape index (κ3) is 2.62. The number of aromatic nitrogens is 1. The Morgan fingerprint density at radius 2 is 2.31 bits per heavy atom. The van der Waals surface area contributed by atoms with Crippen molar-refractivity contribution < 1.29 is 4.74 Å². The molecule has 1 aliphatic heterocycles. The molecule has 1 fully saturated rings. The van der Waals surface area contributed by atoms with E-state index >= 15 is 0 Å². The Morgan fingerprint density at radius 1 is 1.56 bits per heavy atom. The molecule has 90 valence electrons. The molecule has 0 spiro atoms. The Morgan fingerprint density at radius 3 is 2.88 bits per heavy atom. The standard InChI is InChI=1S/C12H20N2OS/c1-3-12(2,11-13-6-9-16-11)14-10-4-7-15-8-5-10/h6,9-10,14H,3-5,7-8H2,1-2H3. The van der Waals surface area contributed by atoms with E-state index in [1.54, 1.807) is 11.3 Å². The molecule has 0 aliphatic carbocycles. The van der Waals surface area contributed by atoms with E-state index in [9.17, 15) is 0 Å². The van der Waals surface area contributed by atoms with Gasteiger partial charge in [0.05, 0.1) is 5.54 Å². The molecule has 1 aromatic heterocycles. The van der Waals surface area contributed by atoms with E-state index < -0.39 is 0 Å². The van der Waals surface area contributed by atoms with Crippen molar-refractivity contribution in [3.8, 4) is 0 Å². The third-order valence-corrected chi connectivity index (χ3v) is 4.39. The molecule has 0 aromatic carbocycles. The van der Waals surface area contributed by atoms with Gasteiger partial charge in [0.15, 0.2) is 0 Å². The summed E-state index contributed by atoms with van der Waals surface area (Å²) in [5.41, 5.74) is 0.0240. The lowest BCUT2D eigenvalue weighted by Crippen LogP contribution is -2.47. The Kier molecular flexibility index (Phi) is 3.95.